The summed E-state index contributed by atoms with van der Waals surface area (Å²) in [5.74, 6) is 0.531. The van der Waals surface area contributed by atoms with Gasteiger partial charge in [-0.2, -0.15) is 5.10 Å². The Balaban J connectivity index is 1.36. The fraction of sp³-hybridized carbons (Fsp3) is 0.0909. The van der Waals surface area contributed by atoms with E-state index in [4.69, 9.17) is 27.9 Å². The molecule has 0 saturated heterocycles. The van der Waals surface area contributed by atoms with Crippen molar-refractivity contribution in [3.8, 4) is 5.75 Å². The first-order valence-corrected chi connectivity index (χ1v) is 10.7. The van der Waals surface area contributed by atoms with Crippen LogP contribution in [0.15, 0.2) is 72.4 Å². The molecule has 4 aromatic rings. The van der Waals surface area contributed by atoms with Gasteiger partial charge in [0.25, 0.3) is 5.91 Å². The maximum atomic E-state index is 12.6. The number of hydrogen-bond acceptors (Lipinski definition) is 4. The summed E-state index contributed by atoms with van der Waals surface area (Å²) in [7, 11) is 0. The van der Waals surface area contributed by atoms with Crippen molar-refractivity contribution in [3.05, 3.63) is 98.4 Å². The largest absolute Gasteiger partial charge is 0.489 e. The number of benzene rings is 2. The molecule has 2 aromatic heterocycles. The lowest BCUT2D eigenvalue weighted by Crippen LogP contribution is -2.10. The van der Waals surface area contributed by atoms with Gasteiger partial charge in [-0.1, -0.05) is 41.4 Å². The molecule has 152 valence electrons. The Morgan fingerprint density at radius 1 is 1.07 bits per heavy atom. The minimum Gasteiger partial charge on any atom is -0.489 e. The van der Waals surface area contributed by atoms with Crippen molar-refractivity contribution in [2.24, 2.45) is 0 Å². The standard InChI is InChI=1S/C22H17Cl2N3O2S/c23-17-4-2-6-20(9-17)29-13-16-8-21(30-14-16)22(28)26-19-5-1-3-15(7-19)11-27-12-18(24)10-25-27/h1-10,12,14H,11,13H2,(H,26,28). The summed E-state index contributed by atoms with van der Waals surface area (Å²) in [6.45, 7) is 0.937. The molecule has 0 bridgehead atoms. The highest BCUT2D eigenvalue weighted by molar-refractivity contribution is 7.12. The number of nitrogens with zero attached hydrogens (tertiary/aromatic N) is 2. The molecule has 5 nitrogen and oxygen atoms in total. The molecule has 0 atom stereocenters. The minimum absolute atomic E-state index is 0.159. The first-order chi connectivity index (χ1) is 14.5. The third-order valence-electron chi connectivity index (χ3n) is 4.21. The number of thiophene rings is 1. The van der Waals surface area contributed by atoms with E-state index in [0.29, 0.717) is 33.8 Å². The predicted octanol–water partition coefficient (Wildman–Crippen LogP) is 6.13. The molecule has 0 aliphatic heterocycles. The first-order valence-electron chi connectivity index (χ1n) is 9.09. The second-order valence-electron chi connectivity index (χ2n) is 6.58. The second kappa shape index (κ2) is 9.34. The Morgan fingerprint density at radius 2 is 1.93 bits per heavy atom. The Kier molecular flexibility index (Phi) is 6.38. The van der Waals surface area contributed by atoms with Crippen molar-refractivity contribution in [3.63, 3.8) is 0 Å². The van der Waals surface area contributed by atoms with Gasteiger partial charge in [-0.25, -0.2) is 0 Å². The molecule has 0 aliphatic rings. The third kappa shape index (κ3) is 5.42. The number of aromatic nitrogens is 2. The van der Waals surface area contributed by atoms with E-state index in [-0.39, 0.29) is 5.91 Å². The molecule has 0 aliphatic carbocycles. The van der Waals surface area contributed by atoms with Crippen LogP contribution in [-0.4, -0.2) is 15.7 Å². The van der Waals surface area contributed by atoms with Crippen LogP contribution in [-0.2, 0) is 13.2 Å². The normalized spacial score (nSPS) is 10.7. The van der Waals surface area contributed by atoms with Gasteiger partial charge in [-0.3, -0.25) is 9.48 Å². The van der Waals surface area contributed by atoms with E-state index in [1.54, 1.807) is 29.2 Å². The fourth-order valence-corrected chi connectivity index (χ4v) is 3.97. The van der Waals surface area contributed by atoms with Crippen molar-refractivity contribution in [2.45, 2.75) is 13.2 Å². The topological polar surface area (TPSA) is 56.2 Å². The molecule has 0 fully saturated rings. The van der Waals surface area contributed by atoms with Crippen LogP contribution < -0.4 is 10.1 Å². The van der Waals surface area contributed by atoms with Gasteiger partial charge in [0.1, 0.15) is 12.4 Å². The minimum atomic E-state index is -0.159. The molecule has 30 heavy (non-hydrogen) atoms. The quantitative estimate of drug-likeness (QED) is 0.363. The van der Waals surface area contributed by atoms with Crippen molar-refractivity contribution in [1.82, 2.24) is 9.78 Å². The third-order valence-corrected chi connectivity index (χ3v) is 5.62. The summed E-state index contributed by atoms with van der Waals surface area (Å²) >= 11 is 13.2. The number of nitrogens with one attached hydrogen (secondary N) is 1. The second-order valence-corrected chi connectivity index (χ2v) is 8.36. The van der Waals surface area contributed by atoms with Crippen molar-refractivity contribution < 1.29 is 9.53 Å². The van der Waals surface area contributed by atoms with Crippen LogP contribution in [0.5, 0.6) is 5.75 Å². The van der Waals surface area contributed by atoms with E-state index in [1.165, 1.54) is 11.3 Å². The van der Waals surface area contributed by atoms with Gasteiger partial charge in [-0.15, -0.1) is 11.3 Å². The molecule has 0 spiro atoms. The SMILES string of the molecule is O=C(Nc1cccc(Cn2cc(Cl)cn2)c1)c1cc(COc2cccc(Cl)c2)cs1. The number of carbonyl (C=O) groups excluding carboxylic acids is 1. The van der Waals surface area contributed by atoms with E-state index in [1.807, 2.05) is 47.8 Å². The summed E-state index contributed by atoms with van der Waals surface area (Å²) in [4.78, 5) is 13.2. The molecule has 2 heterocycles. The molecule has 1 amide bonds. The van der Waals surface area contributed by atoms with Gasteiger partial charge in [0, 0.05) is 22.5 Å². The molecule has 8 heteroatoms. The van der Waals surface area contributed by atoms with Gasteiger partial charge >= 0.3 is 0 Å². The van der Waals surface area contributed by atoms with Crippen LogP contribution in [0.4, 0.5) is 5.69 Å². The summed E-state index contributed by atoms with van der Waals surface area (Å²) < 4.78 is 7.48. The smallest absolute Gasteiger partial charge is 0.265 e. The molecule has 4 rings (SSSR count). The molecule has 0 saturated carbocycles. The van der Waals surface area contributed by atoms with Crippen LogP contribution in [0.3, 0.4) is 0 Å². The number of hydrogen-bond donors (Lipinski definition) is 1. The Bertz CT molecular complexity index is 1170. The number of anilines is 1. The monoisotopic (exact) mass is 457 g/mol. The average Bonchev–Trinajstić information content (AvgIpc) is 3.36. The summed E-state index contributed by atoms with van der Waals surface area (Å²) in [5, 5.41) is 10.2. The van der Waals surface area contributed by atoms with Crippen molar-refractivity contribution in [1.29, 1.82) is 0 Å². The Hall–Kier alpha value is -2.80. The highest BCUT2D eigenvalue weighted by atomic mass is 35.5. The number of ether oxygens (including phenoxy) is 1. The highest BCUT2D eigenvalue weighted by Crippen LogP contribution is 2.22. The summed E-state index contributed by atoms with van der Waals surface area (Å²) in [6.07, 6.45) is 3.35. The van der Waals surface area contributed by atoms with Gasteiger partial charge in [0.2, 0.25) is 0 Å². The van der Waals surface area contributed by atoms with Crippen LogP contribution >= 0.6 is 34.5 Å². The maximum absolute atomic E-state index is 12.6. The summed E-state index contributed by atoms with van der Waals surface area (Å²) in [5.41, 5.74) is 2.66. The van der Waals surface area contributed by atoms with Gasteiger partial charge < -0.3 is 10.1 Å². The molecule has 0 radical (unpaired) electrons. The number of rotatable bonds is 7. The molecule has 0 unspecified atom stereocenters. The van der Waals surface area contributed by atoms with E-state index in [0.717, 1.165) is 16.8 Å². The number of halogens is 2. The molecular weight excluding hydrogens is 441 g/mol. The Labute approximate surface area is 187 Å². The molecule has 2 aromatic carbocycles. The first kappa shape index (κ1) is 20.5. The lowest BCUT2D eigenvalue weighted by atomic mass is 10.2. The van der Waals surface area contributed by atoms with Crippen LogP contribution in [0.2, 0.25) is 10.0 Å². The van der Waals surface area contributed by atoms with Crippen LogP contribution in [0.25, 0.3) is 0 Å². The Morgan fingerprint density at radius 3 is 2.73 bits per heavy atom. The molecule has 1 N–H and O–H groups in total. The predicted molar refractivity (Wildman–Crippen MR) is 121 cm³/mol. The maximum Gasteiger partial charge on any atom is 0.265 e. The highest BCUT2D eigenvalue weighted by Gasteiger charge is 2.11. The zero-order valence-corrected chi connectivity index (χ0v) is 18.0. The van der Waals surface area contributed by atoms with Crippen LogP contribution in [0, 0.1) is 0 Å². The van der Waals surface area contributed by atoms with Crippen molar-refractivity contribution >= 4 is 46.1 Å². The zero-order valence-electron chi connectivity index (χ0n) is 15.7. The van der Waals surface area contributed by atoms with Gasteiger partial charge in [0.05, 0.1) is 22.6 Å². The van der Waals surface area contributed by atoms with Gasteiger partial charge in [-0.05, 0) is 47.3 Å². The lowest BCUT2D eigenvalue weighted by Gasteiger charge is -2.07. The van der Waals surface area contributed by atoms with E-state index in [9.17, 15) is 4.79 Å². The summed E-state index contributed by atoms with van der Waals surface area (Å²) in [6, 6.07) is 16.7. The van der Waals surface area contributed by atoms with Gasteiger partial charge in [0.15, 0.2) is 0 Å². The zero-order chi connectivity index (χ0) is 20.9. The average molecular weight is 458 g/mol. The van der Waals surface area contributed by atoms with Crippen LogP contribution in [0.1, 0.15) is 20.8 Å². The van der Waals surface area contributed by atoms with E-state index in [2.05, 4.69) is 10.4 Å². The molecular formula is C22H17Cl2N3O2S. The van der Waals surface area contributed by atoms with E-state index >= 15 is 0 Å². The number of carbonyl (C=O) groups is 1. The van der Waals surface area contributed by atoms with Crippen molar-refractivity contribution in [2.75, 3.05) is 5.32 Å². The number of amides is 1. The van der Waals surface area contributed by atoms with E-state index < -0.39 is 0 Å². The fourth-order valence-electron chi connectivity index (χ4n) is 2.85. The lowest BCUT2D eigenvalue weighted by molar-refractivity contribution is 0.103.